The number of carbonyl (C=O) groups excluding carboxylic acids is 1. The van der Waals surface area contributed by atoms with Gasteiger partial charge in [0.2, 0.25) is 0 Å². The summed E-state index contributed by atoms with van der Waals surface area (Å²) in [7, 11) is 0. The van der Waals surface area contributed by atoms with Gasteiger partial charge in [-0.15, -0.1) is 5.10 Å². The molecule has 12 heavy (non-hydrogen) atoms. The van der Waals surface area contributed by atoms with Crippen LogP contribution in [-0.4, -0.2) is 15.9 Å². The minimum atomic E-state index is -0.236. The standard InChI is InChI=1S/C8H12N2O2/c1-2-3-5-8(11)12-10-7-4-6-9-10/h4,6-7H,2-3,5H2,1H3. The molecule has 1 aromatic heterocycles. The molecule has 0 aliphatic heterocycles. The molecule has 66 valence electrons. The van der Waals surface area contributed by atoms with Crippen molar-refractivity contribution >= 4 is 5.97 Å². The quantitative estimate of drug-likeness (QED) is 0.674. The number of aromatic nitrogens is 2. The van der Waals surface area contributed by atoms with Gasteiger partial charge in [0.25, 0.3) is 0 Å². The van der Waals surface area contributed by atoms with E-state index in [4.69, 9.17) is 4.84 Å². The molecule has 0 fully saturated rings. The van der Waals surface area contributed by atoms with Crippen molar-refractivity contribution < 1.29 is 9.63 Å². The highest BCUT2D eigenvalue weighted by atomic mass is 16.7. The first kappa shape index (κ1) is 8.77. The summed E-state index contributed by atoms with van der Waals surface area (Å²) in [4.78, 5) is 17.0. The highest BCUT2D eigenvalue weighted by molar-refractivity contribution is 5.69. The van der Waals surface area contributed by atoms with Crippen LogP contribution in [0.2, 0.25) is 0 Å². The molecule has 0 spiro atoms. The summed E-state index contributed by atoms with van der Waals surface area (Å²) in [5, 5.41) is 3.74. The van der Waals surface area contributed by atoms with Gasteiger partial charge in [-0.05, 0) is 12.5 Å². The molecule has 0 atom stereocenters. The van der Waals surface area contributed by atoms with Gasteiger partial charge in [0.15, 0.2) is 0 Å². The van der Waals surface area contributed by atoms with Crippen molar-refractivity contribution in [3.05, 3.63) is 18.5 Å². The minimum Gasteiger partial charge on any atom is -0.319 e. The van der Waals surface area contributed by atoms with Gasteiger partial charge < -0.3 is 4.84 Å². The molecule has 0 aliphatic carbocycles. The summed E-state index contributed by atoms with van der Waals surface area (Å²) in [6.07, 6.45) is 5.46. The zero-order chi connectivity index (χ0) is 8.81. The number of hydrogen-bond donors (Lipinski definition) is 0. The molecule has 0 radical (unpaired) electrons. The molecule has 0 bridgehead atoms. The zero-order valence-corrected chi connectivity index (χ0v) is 7.06. The molecule has 0 aliphatic rings. The third-order valence-electron chi connectivity index (χ3n) is 1.41. The molecular formula is C8H12N2O2. The molecule has 0 amide bonds. The lowest BCUT2D eigenvalue weighted by Crippen LogP contribution is -2.19. The Morgan fingerprint density at radius 2 is 2.50 bits per heavy atom. The van der Waals surface area contributed by atoms with Crippen molar-refractivity contribution in [3.8, 4) is 0 Å². The first-order valence-electron chi connectivity index (χ1n) is 4.03. The topological polar surface area (TPSA) is 44.1 Å². The van der Waals surface area contributed by atoms with Gasteiger partial charge in [0.05, 0.1) is 12.4 Å². The molecular weight excluding hydrogens is 156 g/mol. The van der Waals surface area contributed by atoms with Crippen LogP contribution >= 0.6 is 0 Å². The molecule has 4 nitrogen and oxygen atoms in total. The van der Waals surface area contributed by atoms with E-state index in [0.717, 1.165) is 17.7 Å². The van der Waals surface area contributed by atoms with Crippen LogP contribution in [0.3, 0.4) is 0 Å². The number of carbonyl (C=O) groups is 1. The zero-order valence-electron chi connectivity index (χ0n) is 7.06. The molecule has 0 unspecified atom stereocenters. The van der Waals surface area contributed by atoms with E-state index in [-0.39, 0.29) is 5.97 Å². The Kier molecular flexibility index (Phi) is 3.32. The lowest BCUT2D eigenvalue weighted by molar-refractivity contribution is -0.145. The van der Waals surface area contributed by atoms with Crippen LogP contribution in [0.1, 0.15) is 26.2 Å². The maximum absolute atomic E-state index is 11.0. The Morgan fingerprint density at radius 3 is 3.08 bits per heavy atom. The van der Waals surface area contributed by atoms with Gasteiger partial charge in [0, 0.05) is 6.42 Å². The van der Waals surface area contributed by atoms with Crippen LogP contribution in [-0.2, 0) is 4.79 Å². The van der Waals surface area contributed by atoms with Gasteiger partial charge in [-0.1, -0.05) is 18.2 Å². The van der Waals surface area contributed by atoms with E-state index < -0.39 is 0 Å². The van der Waals surface area contributed by atoms with E-state index in [1.54, 1.807) is 18.5 Å². The lowest BCUT2D eigenvalue weighted by atomic mass is 10.3. The largest absolute Gasteiger partial charge is 0.334 e. The SMILES string of the molecule is CCCCC(=O)On1cccn1. The molecule has 1 aromatic rings. The number of nitrogens with zero attached hydrogens (tertiary/aromatic N) is 2. The molecule has 1 heterocycles. The molecule has 0 saturated carbocycles. The van der Waals surface area contributed by atoms with Crippen LogP contribution < -0.4 is 4.84 Å². The van der Waals surface area contributed by atoms with Crippen molar-refractivity contribution in [1.29, 1.82) is 0 Å². The molecule has 0 saturated heterocycles. The number of hydrogen-bond acceptors (Lipinski definition) is 3. The fourth-order valence-corrected chi connectivity index (χ4v) is 0.780. The average molecular weight is 168 g/mol. The second-order valence-corrected chi connectivity index (χ2v) is 2.48. The fraction of sp³-hybridized carbons (Fsp3) is 0.500. The first-order valence-corrected chi connectivity index (χ1v) is 4.03. The monoisotopic (exact) mass is 168 g/mol. The van der Waals surface area contributed by atoms with E-state index >= 15 is 0 Å². The summed E-state index contributed by atoms with van der Waals surface area (Å²) < 4.78 is 0. The van der Waals surface area contributed by atoms with Gasteiger partial charge in [-0.2, -0.15) is 0 Å². The number of rotatable bonds is 4. The Bertz CT molecular complexity index is 231. The summed E-state index contributed by atoms with van der Waals surface area (Å²) in [5.41, 5.74) is 0. The normalized spacial score (nSPS) is 9.75. The molecule has 0 N–H and O–H groups in total. The lowest BCUT2D eigenvalue weighted by Gasteiger charge is -2.00. The third-order valence-corrected chi connectivity index (χ3v) is 1.41. The first-order chi connectivity index (χ1) is 5.83. The summed E-state index contributed by atoms with van der Waals surface area (Å²) >= 11 is 0. The predicted octanol–water partition coefficient (Wildman–Crippen LogP) is 1.03. The summed E-state index contributed by atoms with van der Waals surface area (Å²) in [5.74, 6) is -0.236. The molecule has 0 aromatic carbocycles. The fourth-order valence-electron chi connectivity index (χ4n) is 0.780. The number of unbranched alkanes of at least 4 members (excludes halogenated alkanes) is 1. The molecule has 4 heteroatoms. The van der Waals surface area contributed by atoms with E-state index in [9.17, 15) is 4.79 Å². The maximum Gasteiger partial charge on any atom is 0.334 e. The van der Waals surface area contributed by atoms with Crippen molar-refractivity contribution in [2.75, 3.05) is 0 Å². The average Bonchev–Trinajstić information content (AvgIpc) is 2.53. The smallest absolute Gasteiger partial charge is 0.319 e. The summed E-state index contributed by atoms with van der Waals surface area (Å²) in [6.45, 7) is 2.03. The van der Waals surface area contributed by atoms with Crippen LogP contribution in [0.15, 0.2) is 18.5 Å². The maximum atomic E-state index is 11.0. The van der Waals surface area contributed by atoms with E-state index in [1.165, 1.54) is 0 Å². The Hall–Kier alpha value is -1.32. The van der Waals surface area contributed by atoms with Gasteiger partial charge in [-0.3, -0.25) is 0 Å². The van der Waals surface area contributed by atoms with Crippen molar-refractivity contribution in [1.82, 2.24) is 9.94 Å². The van der Waals surface area contributed by atoms with E-state index in [1.807, 2.05) is 6.92 Å². The Morgan fingerprint density at radius 1 is 1.67 bits per heavy atom. The Labute approximate surface area is 71.1 Å². The summed E-state index contributed by atoms with van der Waals surface area (Å²) in [6, 6.07) is 1.70. The van der Waals surface area contributed by atoms with Crippen LogP contribution in [0.4, 0.5) is 0 Å². The Balaban J connectivity index is 2.27. The van der Waals surface area contributed by atoms with Crippen molar-refractivity contribution in [3.63, 3.8) is 0 Å². The van der Waals surface area contributed by atoms with E-state index in [2.05, 4.69) is 5.10 Å². The third kappa shape index (κ3) is 2.74. The van der Waals surface area contributed by atoms with Crippen molar-refractivity contribution in [2.45, 2.75) is 26.2 Å². The van der Waals surface area contributed by atoms with Crippen molar-refractivity contribution in [2.24, 2.45) is 0 Å². The predicted molar refractivity (Wildman–Crippen MR) is 43.3 cm³/mol. The highest BCUT2D eigenvalue weighted by Crippen LogP contribution is 1.94. The van der Waals surface area contributed by atoms with Crippen LogP contribution in [0.5, 0.6) is 0 Å². The van der Waals surface area contributed by atoms with Gasteiger partial charge in [0.1, 0.15) is 0 Å². The van der Waals surface area contributed by atoms with Crippen LogP contribution in [0, 0.1) is 0 Å². The molecule has 1 rings (SSSR count). The highest BCUT2D eigenvalue weighted by Gasteiger charge is 2.02. The van der Waals surface area contributed by atoms with Crippen LogP contribution in [0.25, 0.3) is 0 Å². The van der Waals surface area contributed by atoms with Gasteiger partial charge >= 0.3 is 5.97 Å². The second-order valence-electron chi connectivity index (χ2n) is 2.48. The van der Waals surface area contributed by atoms with Gasteiger partial charge in [-0.25, -0.2) is 4.79 Å². The minimum absolute atomic E-state index is 0.236. The van der Waals surface area contributed by atoms with E-state index in [0.29, 0.717) is 6.42 Å². The second kappa shape index (κ2) is 4.54.